The Kier molecular flexibility index (Phi) is 3.07. The lowest BCUT2D eigenvalue weighted by Gasteiger charge is -2.03. The molecule has 3 rings (SSSR count). The molecule has 92 valence electrons. The Balaban J connectivity index is 1.72. The van der Waals surface area contributed by atoms with Crippen LogP contribution in [-0.4, -0.2) is 19.5 Å². The van der Waals surface area contributed by atoms with Crippen LogP contribution in [0.5, 0.6) is 0 Å². The Labute approximate surface area is 111 Å². The maximum absolute atomic E-state index is 4.77. The van der Waals surface area contributed by atoms with Gasteiger partial charge in [0, 0.05) is 25.4 Å². The molecule has 0 unspecified atom stereocenters. The number of aromatic nitrogens is 4. The number of rotatable bonds is 4. The van der Waals surface area contributed by atoms with E-state index in [0.717, 1.165) is 21.6 Å². The minimum absolute atomic E-state index is 0.663. The van der Waals surface area contributed by atoms with Gasteiger partial charge in [0.2, 0.25) is 0 Å². The standard InChI is InChI=1S/C11H10BrN5O/c12-10-7-17-9(5-15-11(17)6-14-10)4-13-3-8-1-2-18-16-8/h1-2,5-7,13H,3-4H2. The summed E-state index contributed by atoms with van der Waals surface area (Å²) in [6, 6.07) is 1.84. The Morgan fingerprint density at radius 1 is 1.28 bits per heavy atom. The Morgan fingerprint density at radius 2 is 2.22 bits per heavy atom. The molecule has 0 aromatic carbocycles. The van der Waals surface area contributed by atoms with Crippen LogP contribution in [0.2, 0.25) is 0 Å². The Morgan fingerprint density at radius 3 is 3.06 bits per heavy atom. The van der Waals surface area contributed by atoms with Gasteiger partial charge in [0.1, 0.15) is 10.9 Å². The van der Waals surface area contributed by atoms with Crippen molar-refractivity contribution in [3.05, 3.63) is 46.9 Å². The maximum Gasteiger partial charge on any atom is 0.155 e. The number of imidazole rings is 1. The van der Waals surface area contributed by atoms with Crippen molar-refractivity contribution in [3.63, 3.8) is 0 Å². The molecule has 3 heterocycles. The Hall–Kier alpha value is -1.73. The van der Waals surface area contributed by atoms with Crippen LogP contribution in [0, 0.1) is 0 Å². The summed E-state index contributed by atoms with van der Waals surface area (Å²) >= 11 is 3.35. The normalized spacial score (nSPS) is 11.2. The highest BCUT2D eigenvalue weighted by Gasteiger charge is 2.04. The topological polar surface area (TPSA) is 68.2 Å². The summed E-state index contributed by atoms with van der Waals surface area (Å²) in [7, 11) is 0. The van der Waals surface area contributed by atoms with Crippen LogP contribution in [0.4, 0.5) is 0 Å². The molecule has 0 aliphatic carbocycles. The second-order valence-electron chi connectivity index (χ2n) is 3.78. The zero-order chi connectivity index (χ0) is 12.4. The molecule has 0 radical (unpaired) electrons. The number of nitrogens with one attached hydrogen (secondary N) is 1. The van der Waals surface area contributed by atoms with Gasteiger partial charge in [-0.05, 0) is 15.9 Å². The van der Waals surface area contributed by atoms with E-state index in [-0.39, 0.29) is 0 Å². The van der Waals surface area contributed by atoms with Crippen LogP contribution in [0.15, 0.2) is 40.0 Å². The van der Waals surface area contributed by atoms with Gasteiger partial charge in [-0.15, -0.1) is 0 Å². The predicted octanol–water partition coefficient (Wildman–Crippen LogP) is 1.77. The predicted molar refractivity (Wildman–Crippen MR) is 67.7 cm³/mol. The van der Waals surface area contributed by atoms with E-state index < -0.39 is 0 Å². The second-order valence-corrected chi connectivity index (χ2v) is 4.59. The molecule has 0 atom stereocenters. The van der Waals surface area contributed by atoms with E-state index in [4.69, 9.17) is 4.52 Å². The van der Waals surface area contributed by atoms with Gasteiger partial charge in [0.05, 0.1) is 23.8 Å². The van der Waals surface area contributed by atoms with Gasteiger partial charge in [-0.1, -0.05) is 5.16 Å². The third-order valence-corrected chi connectivity index (χ3v) is 2.95. The highest BCUT2D eigenvalue weighted by molar-refractivity contribution is 9.10. The smallest absolute Gasteiger partial charge is 0.155 e. The summed E-state index contributed by atoms with van der Waals surface area (Å²) in [5, 5.41) is 7.12. The fourth-order valence-electron chi connectivity index (χ4n) is 1.69. The molecular formula is C11H10BrN5O. The van der Waals surface area contributed by atoms with Crippen molar-refractivity contribution in [2.45, 2.75) is 13.1 Å². The average molecular weight is 308 g/mol. The summed E-state index contributed by atoms with van der Waals surface area (Å²) in [4.78, 5) is 8.41. The number of nitrogens with zero attached hydrogens (tertiary/aromatic N) is 4. The van der Waals surface area contributed by atoms with Crippen LogP contribution in [-0.2, 0) is 13.1 Å². The fourth-order valence-corrected chi connectivity index (χ4v) is 2.00. The van der Waals surface area contributed by atoms with Gasteiger partial charge in [-0.25, -0.2) is 9.97 Å². The van der Waals surface area contributed by atoms with Crippen LogP contribution in [0.3, 0.4) is 0 Å². The van der Waals surface area contributed by atoms with Gasteiger partial charge in [-0.2, -0.15) is 0 Å². The van der Waals surface area contributed by atoms with Crippen molar-refractivity contribution >= 4 is 21.6 Å². The van der Waals surface area contributed by atoms with Gasteiger partial charge in [-0.3, -0.25) is 4.40 Å². The average Bonchev–Trinajstić information content (AvgIpc) is 2.99. The number of fused-ring (bicyclic) bond motifs is 1. The van der Waals surface area contributed by atoms with E-state index in [1.165, 1.54) is 0 Å². The van der Waals surface area contributed by atoms with Crippen molar-refractivity contribution in [2.24, 2.45) is 0 Å². The second kappa shape index (κ2) is 4.87. The zero-order valence-corrected chi connectivity index (χ0v) is 11.0. The van der Waals surface area contributed by atoms with Crippen molar-refractivity contribution in [1.82, 2.24) is 24.8 Å². The summed E-state index contributed by atoms with van der Waals surface area (Å²) < 4.78 is 7.54. The molecule has 1 N–H and O–H groups in total. The first-order chi connectivity index (χ1) is 8.83. The molecule has 6 nitrogen and oxygen atoms in total. The van der Waals surface area contributed by atoms with Crippen molar-refractivity contribution < 1.29 is 4.52 Å². The van der Waals surface area contributed by atoms with Crippen LogP contribution < -0.4 is 5.32 Å². The lowest BCUT2D eigenvalue weighted by atomic mass is 10.4. The molecule has 0 saturated carbocycles. The lowest BCUT2D eigenvalue weighted by Crippen LogP contribution is -2.14. The van der Waals surface area contributed by atoms with E-state index in [1.54, 1.807) is 12.5 Å². The van der Waals surface area contributed by atoms with Crippen molar-refractivity contribution in [3.8, 4) is 0 Å². The molecule has 0 amide bonds. The highest BCUT2D eigenvalue weighted by atomic mass is 79.9. The van der Waals surface area contributed by atoms with E-state index in [2.05, 4.69) is 36.4 Å². The highest BCUT2D eigenvalue weighted by Crippen LogP contribution is 2.10. The lowest BCUT2D eigenvalue weighted by molar-refractivity contribution is 0.408. The number of hydrogen-bond acceptors (Lipinski definition) is 5. The molecule has 0 bridgehead atoms. The van der Waals surface area contributed by atoms with Crippen LogP contribution in [0.1, 0.15) is 11.4 Å². The van der Waals surface area contributed by atoms with E-state index in [0.29, 0.717) is 13.1 Å². The van der Waals surface area contributed by atoms with E-state index >= 15 is 0 Å². The Bertz CT molecular complexity index is 649. The minimum atomic E-state index is 0.663. The van der Waals surface area contributed by atoms with Crippen molar-refractivity contribution in [2.75, 3.05) is 0 Å². The number of halogens is 1. The molecule has 3 aromatic heterocycles. The maximum atomic E-state index is 4.77. The van der Waals surface area contributed by atoms with Gasteiger partial charge in [0.15, 0.2) is 5.65 Å². The van der Waals surface area contributed by atoms with Crippen LogP contribution in [0.25, 0.3) is 5.65 Å². The SMILES string of the molecule is Brc1cn2c(CNCc3ccon3)cnc2cn1. The summed E-state index contributed by atoms with van der Waals surface area (Å²) in [6.45, 7) is 1.36. The quantitative estimate of drug-likeness (QED) is 0.795. The zero-order valence-electron chi connectivity index (χ0n) is 9.38. The van der Waals surface area contributed by atoms with Crippen molar-refractivity contribution in [1.29, 1.82) is 0 Å². The first-order valence-electron chi connectivity index (χ1n) is 5.40. The third kappa shape index (κ3) is 2.27. The molecule has 18 heavy (non-hydrogen) atoms. The van der Waals surface area contributed by atoms with E-state index in [9.17, 15) is 0 Å². The number of hydrogen-bond donors (Lipinski definition) is 1. The molecule has 0 aliphatic heterocycles. The third-order valence-electron chi connectivity index (χ3n) is 2.54. The molecule has 0 aliphatic rings. The molecule has 7 heteroatoms. The molecule has 3 aromatic rings. The van der Waals surface area contributed by atoms with Gasteiger partial charge in [0.25, 0.3) is 0 Å². The first-order valence-corrected chi connectivity index (χ1v) is 6.20. The van der Waals surface area contributed by atoms with Gasteiger partial charge >= 0.3 is 0 Å². The summed E-state index contributed by atoms with van der Waals surface area (Å²) in [6.07, 6.45) is 7.02. The van der Waals surface area contributed by atoms with Gasteiger partial charge < -0.3 is 9.84 Å². The first kappa shape index (κ1) is 11.4. The largest absolute Gasteiger partial charge is 0.364 e. The van der Waals surface area contributed by atoms with E-state index in [1.807, 2.05) is 22.9 Å². The minimum Gasteiger partial charge on any atom is -0.364 e. The molecule has 0 fully saturated rings. The summed E-state index contributed by atoms with van der Waals surface area (Å²) in [5.74, 6) is 0. The fraction of sp³-hybridized carbons (Fsp3) is 0.182. The molecule has 0 saturated heterocycles. The monoisotopic (exact) mass is 307 g/mol. The van der Waals surface area contributed by atoms with Crippen LogP contribution >= 0.6 is 15.9 Å². The summed E-state index contributed by atoms with van der Waals surface area (Å²) in [5.41, 5.74) is 2.78. The molecular weight excluding hydrogens is 298 g/mol. The molecule has 0 spiro atoms.